The first-order chi connectivity index (χ1) is 6.51. The van der Waals surface area contributed by atoms with E-state index < -0.39 is 37.8 Å². The van der Waals surface area contributed by atoms with E-state index in [-0.39, 0.29) is 6.42 Å². The molecule has 0 bridgehead atoms. The summed E-state index contributed by atoms with van der Waals surface area (Å²) in [4.78, 5) is 10.5. The van der Waals surface area contributed by atoms with E-state index in [1.165, 1.54) is 0 Å². The molecule has 0 aromatic heterocycles. The van der Waals surface area contributed by atoms with Crippen LogP contribution in [-0.4, -0.2) is 46.0 Å². The third-order valence-electron chi connectivity index (χ3n) is 1.38. The zero-order chi connectivity index (χ0) is 12.3. The molecule has 90 valence electrons. The maximum absolute atomic E-state index is 10.7. The summed E-state index contributed by atoms with van der Waals surface area (Å²) in [6, 6.07) is -1.53. The van der Waals surface area contributed by atoms with Crippen LogP contribution in [0.1, 0.15) is 6.42 Å². The highest BCUT2D eigenvalue weighted by atomic mass is 32.2. The number of rotatable bonds is 6. The van der Waals surface area contributed by atoms with Crippen molar-refractivity contribution in [3.8, 4) is 0 Å². The lowest BCUT2D eigenvalue weighted by Crippen LogP contribution is -2.44. The van der Waals surface area contributed by atoms with E-state index in [0.717, 1.165) is 6.26 Å². The molecule has 0 aliphatic rings. The molecule has 0 aliphatic carbocycles. The Morgan fingerprint density at radius 2 is 1.87 bits per heavy atom. The van der Waals surface area contributed by atoms with Crippen LogP contribution in [0, 0.1) is 0 Å². The first-order valence-corrected chi connectivity index (χ1v) is 7.32. The molecule has 0 amide bonds. The zero-order valence-electron chi connectivity index (χ0n) is 7.87. The normalized spacial score (nSPS) is 14.8. The molecule has 1 unspecified atom stereocenters. The highest BCUT2D eigenvalue weighted by Crippen LogP contribution is 1.97. The van der Waals surface area contributed by atoms with Crippen LogP contribution in [0.4, 0.5) is 0 Å². The molecule has 8 nitrogen and oxygen atoms in total. The number of nitrogens with two attached hydrogens (primary N) is 1. The molecule has 0 saturated heterocycles. The van der Waals surface area contributed by atoms with Crippen molar-refractivity contribution in [2.45, 2.75) is 12.5 Å². The second kappa shape index (κ2) is 4.88. The summed E-state index contributed by atoms with van der Waals surface area (Å²) in [6.07, 6.45) is 0.549. The smallest absolute Gasteiger partial charge is 0.321 e. The molecule has 0 spiro atoms. The molecule has 0 aromatic rings. The fraction of sp³-hybridized carbons (Fsp3) is 0.800. The molecule has 4 N–H and O–H groups in total. The van der Waals surface area contributed by atoms with Crippen LogP contribution >= 0.6 is 0 Å². The number of carboxylic acid groups (broad SMARTS) is 1. The van der Waals surface area contributed by atoms with E-state index in [0.29, 0.717) is 0 Å². The summed E-state index contributed by atoms with van der Waals surface area (Å²) < 4.78 is 44.1. The quantitative estimate of drug-likeness (QED) is 0.488. The van der Waals surface area contributed by atoms with Crippen molar-refractivity contribution in [1.29, 1.82) is 0 Å². The van der Waals surface area contributed by atoms with Gasteiger partial charge in [0.1, 0.15) is 15.9 Å². The van der Waals surface area contributed by atoms with Crippen molar-refractivity contribution in [2.24, 2.45) is 5.14 Å². The predicted molar refractivity (Wildman–Crippen MR) is 52.0 cm³/mol. The SMILES string of the molecule is CS(=O)(=O)CCC(NS(N)(=O)=O)C(=O)O. The maximum Gasteiger partial charge on any atom is 0.321 e. The Morgan fingerprint density at radius 1 is 1.40 bits per heavy atom. The van der Waals surface area contributed by atoms with E-state index in [1.807, 2.05) is 0 Å². The summed E-state index contributed by atoms with van der Waals surface area (Å²) in [6.45, 7) is 0. The first kappa shape index (κ1) is 14.3. The van der Waals surface area contributed by atoms with Gasteiger partial charge >= 0.3 is 5.97 Å². The number of sulfone groups is 1. The number of nitrogens with one attached hydrogen (secondary N) is 1. The molecule has 10 heteroatoms. The highest BCUT2D eigenvalue weighted by Gasteiger charge is 2.22. The number of hydrogen-bond donors (Lipinski definition) is 3. The van der Waals surface area contributed by atoms with Crippen molar-refractivity contribution >= 4 is 26.0 Å². The predicted octanol–water partition coefficient (Wildman–Crippen LogP) is -2.33. The Kier molecular flexibility index (Phi) is 4.65. The molecular formula is C5H12N2O6S2. The Bertz CT molecular complexity index is 424. The van der Waals surface area contributed by atoms with Crippen LogP contribution in [0.15, 0.2) is 0 Å². The van der Waals surface area contributed by atoms with Gasteiger partial charge in [-0.2, -0.15) is 13.1 Å². The lowest BCUT2D eigenvalue weighted by atomic mass is 10.2. The summed E-state index contributed by atoms with van der Waals surface area (Å²) >= 11 is 0. The minimum absolute atomic E-state index is 0.370. The molecule has 1 atom stereocenters. The fourth-order valence-corrected chi connectivity index (χ4v) is 2.04. The molecule has 0 fully saturated rings. The van der Waals surface area contributed by atoms with Gasteiger partial charge in [-0.3, -0.25) is 4.79 Å². The van der Waals surface area contributed by atoms with Gasteiger partial charge in [-0.15, -0.1) is 0 Å². The molecular weight excluding hydrogens is 248 g/mol. The van der Waals surface area contributed by atoms with Gasteiger partial charge in [-0.25, -0.2) is 13.6 Å². The van der Waals surface area contributed by atoms with Gasteiger partial charge in [0.05, 0.1) is 5.75 Å². The fourth-order valence-electron chi connectivity index (χ4n) is 0.763. The van der Waals surface area contributed by atoms with Gasteiger partial charge in [0.15, 0.2) is 0 Å². The van der Waals surface area contributed by atoms with Crippen molar-refractivity contribution in [3.63, 3.8) is 0 Å². The van der Waals surface area contributed by atoms with Gasteiger partial charge in [-0.1, -0.05) is 0 Å². The van der Waals surface area contributed by atoms with Gasteiger partial charge in [0, 0.05) is 6.26 Å². The monoisotopic (exact) mass is 260 g/mol. The van der Waals surface area contributed by atoms with Gasteiger partial charge in [-0.05, 0) is 6.42 Å². The van der Waals surface area contributed by atoms with Gasteiger partial charge in [0.25, 0.3) is 10.2 Å². The highest BCUT2D eigenvalue weighted by molar-refractivity contribution is 7.90. The van der Waals surface area contributed by atoms with Crippen LogP contribution in [0.5, 0.6) is 0 Å². The molecule has 0 radical (unpaired) electrons. The molecule has 0 aromatic carbocycles. The van der Waals surface area contributed by atoms with Gasteiger partial charge in [0.2, 0.25) is 0 Å². The molecule has 0 aliphatic heterocycles. The van der Waals surface area contributed by atoms with Crippen molar-refractivity contribution in [1.82, 2.24) is 4.72 Å². The summed E-state index contributed by atoms with van der Waals surface area (Å²) in [5, 5.41) is 13.1. The molecule has 0 heterocycles. The lowest BCUT2D eigenvalue weighted by Gasteiger charge is -2.11. The number of carboxylic acids is 1. The van der Waals surface area contributed by atoms with Crippen molar-refractivity contribution in [2.75, 3.05) is 12.0 Å². The van der Waals surface area contributed by atoms with Crippen LogP contribution in [0.25, 0.3) is 0 Å². The second-order valence-electron chi connectivity index (χ2n) is 2.97. The van der Waals surface area contributed by atoms with E-state index in [1.54, 1.807) is 4.72 Å². The largest absolute Gasteiger partial charge is 0.480 e. The van der Waals surface area contributed by atoms with E-state index in [2.05, 4.69) is 5.14 Å². The number of hydrogen-bond acceptors (Lipinski definition) is 5. The standard InChI is InChI=1S/C5H12N2O6S2/c1-14(10,11)3-2-4(5(8)9)7-15(6,12)13/h4,7H,2-3H2,1H3,(H,8,9)(H2,6,12,13). The average Bonchev–Trinajstić information content (AvgIpc) is 1.93. The molecule has 0 rings (SSSR count). The minimum atomic E-state index is -4.16. The summed E-state index contributed by atoms with van der Waals surface area (Å²) in [5.74, 6) is -1.92. The summed E-state index contributed by atoms with van der Waals surface area (Å²) in [7, 11) is -7.51. The van der Waals surface area contributed by atoms with E-state index >= 15 is 0 Å². The van der Waals surface area contributed by atoms with Crippen LogP contribution in [-0.2, 0) is 24.8 Å². The molecule has 15 heavy (non-hydrogen) atoms. The Hall–Kier alpha value is -0.710. The average molecular weight is 260 g/mol. The maximum atomic E-state index is 10.7. The Balaban J connectivity index is 4.51. The third-order valence-corrected chi connectivity index (χ3v) is 2.97. The Morgan fingerprint density at radius 3 is 2.13 bits per heavy atom. The van der Waals surface area contributed by atoms with Gasteiger partial charge < -0.3 is 5.11 Å². The van der Waals surface area contributed by atoms with Crippen molar-refractivity contribution in [3.05, 3.63) is 0 Å². The number of aliphatic carboxylic acids is 1. The second-order valence-corrected chi connectivity index (χ2v) is 6.56. The third kappa shape index (κ3) is 8.30. The van der Waals surface area contributed by atoms with E-state index in [4.69, 9.17) is 5.11 Å². The number of carbonyl (C=O) groups is 1. The first-order valence-electron chi connectivity index (χ1n) is 3.72. The van der Waals surface area contributed by atoms with Crippen LogP contribution in [0.2, 0.25) is 0 Å². The minimum Gasteiger partial charge on any atom is -0.480 e. The Labute approximate surface area is 87.6 Å². The zero-order valence-corrected chi connectivity index (χ0v) is 9.51. The van der Waals surface area contributed by atoms with Crippen molar-refractivity contribution < 1.29 is 26.7 Å². The molecule has 0 saturated carbocycles. The summed E-state index contributed by atoms with van der Waals surface area (Å²) in [5.41, 5.74) is 0. The van der Waals surface area contributed by atoms with E-state index in [9.17, 15) is 21.6 Å². The topological polar surface area (TPSA) is 144 Å². The van der Waals surface area contributed by atoms with Crippen LogP contribution < -0.4 is 9.86 Å². The van der Waals surface area contributed by atoms with Crippen LogP contribution in [0.3, 0.4) is 0 Å². The lowest BCUT2D eigenvalue weighted by molar-refractivity contribution is -0.139.